The second-order valence-corrected chi connectivity index (χ2v) is 8.72. The number of rotatable bonds is 8. The smallest absolute Gasteiger partial charge is 0.345 e. The topological polar surface area (TPSA) is 88.3 Å². The average Bonchev–Trinajstić information content (AvgIpc) is 3.51. The molecule has 0 radical (unpaired) electrons. The molecule has 0 aliphatic rings. The Bertz CT molecular complexity index is 1190. The summed E-state index contributed by atoms with van der Waals surface area (Å²) in [7, 11) is 0. The van der Waals surface area contributed by atoms with Gasteiger partial charge in [0, 0.05) is 16.8 Å². The van der Waals surface area contributed by atoms with Crippen molar-refractivity contribution in [1.29, 1.82) is 0 Å². The minimum absolute atomic E-state index is 0.0898. The van der Waals surface area contributed by atoms with Crippen LogP contribution in [0.5, 0.6) is 0 Å². The molecule has 0 unspecified atom stereocenters. The van der Waals surface area contributed by atoms with Crippen LogP contribution in [0.3, 0.4) is 0 Å². The van der Waals surface area contributed by atoms with Gasteiger partial charge in [-0.05, 0) is 35.2 Å². The van der Waals surface area contributed by atoms with Crippen molar-refractivity contribution in [3.05, 3.63) is 91.8 Å². The van der Waals surface area contributed by atoms with Gasteiger partial charge in [-0.15, -0.1) is 27.8 Å². The normalized spacial score (nSPS) is 10.9. The fourth-order valence-electron chi connectivity index (χ4n) is 3.00. The molecule has 31 heavy (non-hydrogen) atoms. The maximum absolute atomic E-state index is 13.3. The maximum Gasteiger partial charge on any atom is 0.345 e. The molecule has 0 aliphatic carbocycles. The van der Waals surface area contributed by atoms with Crippen molar-refractivity contribution in [2.45, 2.75) is 19.6 Å². The molecule has 0 fully saturated rings. The summed E-state index contributed by atoms with van der Waals surface area (Å²) >= 11 is 2.62. The molecule has 4 aromatic rings. The third kappa shape index (κ3) is 5.22. The largest absolute Gasteiger partial charge is 0.477 e. The van der Waals surface area contributed by atoms with Gasteiger partial charge in [-0.1, -0.05) is 23.4 Å². The standard InChI is InChI=1S/C21H17FN4O3S2/c22-16-5-3-14(4-6-16)9-25(20(27)15-8-19(21(28)29)31-13-15)10-17-11-26(24-23-17)12-18-2-1-7-30-18/h1-8,11,13H,9-10,12H2,(H,28,29). The van der Waals surface area contributed by atoms with Gasteiger partial charge >= 0.3 is 5.97 Å². The van der Waals surface area contributed by atoms with Gasteiger partial charge in [0.1, 0.15) is 16.4 Å². The molecule has 0 saturated heterocycles. The highest BCUT2D eigenvalue weighted by atomic mass is 32.1. The molecule has 1 N–H and O–H groups in total. The first-order valence-electron chi connectivity index (χ1n) is 9.25. The van der Waals surface area contributed by atoms with E-state index in [1.165, 1.54) is 23.6 Å². The van der Waals surface area contributed by atoms with Crippen LogP contribution in [0.1, 0.15) is 36.2 Å². The van der Waals surface area contributed by atoms with Gasteiger partial charge < -0.3 is 10.0 Å². The van der Waals surface area contributed by atoms with Gasteiger partial charge in [-0.2, -0.15) is 0 Å². The second kappa shape index (κ2) is 9.19. The van der Waals surface area contributed by atoms with Crippen LogP contribution in [0.2, 0.25) is 0 Å². The average molecular weight is 457 g/mol. The van der Waals surface area contributed by atoms with Crippen LogP contribution >= 0.6 is 22.7 Å². The van der Waals surface area contributed by atoms with Crippen LogP contribution < -0.4 is 0 Å². The van der Waals surface area contributed by atoms with Gasteiger partial charge in [0.15, 0.2) is 0 Å². The lowest BCUT2D eigenvalue weighted by Gasteiger charge is -2.21. The number of carboxylic acid groups (broad SMARTS) is 1. The van der Waals surface area contributed by atoms with Crippen LogP contribution in [0.25, 0.3) is 0 Å². The Balaban J connectivity index is 1.55. The summed E-state index contributed by atoms with van der Waals surface area (Å²) in [4.78, 5) is 27.1. The number of carboxylic acids is 1. The molecule has 0 aliphatic heterocycles. The molecule has 0 atom stereocenters. The van der Waals surface area contributed by atoms with Crippen LogP contribution in [-0.4, -0.2) is 36.9 Å². The quantitative estimate of drug-likeness (QED) is 0.431. The number of amides is 1. The molecule has 4 rings (SSSR count). The Morgan fingerprint density at radius 2 is 1.94 bits per heavy atom. The maximum atomic E-state index is 13.3. The van der Waals surface area contributed by atoms with E-state index in [-0.39, 0.29) is 35.3 Å². The fraction of sp³-hybridized carbons (Fsp3) is 0.143. The van der Waals surface area contributed by atoms with Crippen LogP contribution in [-0.2, 0) is 19.6 Å². The number of carbonyl (C=O) groups is 2. The highest BCUT2D eigenvalue weighted by molar-refractivity contribution is 7.12. The van der Waals surface area contributed by atoms with Crippen molar-refractivity contribution in [2.24, 2.45) is 0 Å². The first-order valence-corrected chi connectivity index (χ1v) is 11.0. The summed E-state index contributed by atoms with van der Waals surface area (Å²) in [6, 6.07) is 11.2. The Hall–Kier alpha value is -3.37. The van der Waals surface area contributed by atoms with Crippen molar-refractivity contribution < 1.29 is 19.1 Å². The number of halogens is 1. The minimum Gasteiger partial charge on any atom is -0.477 e. The van der Waals surface area contributed by atoms with Crippen molar-refractivity contribution in [3.63, 3.8) is 0 Å². The summed E-state index contributed by atoms with van der Waals surface area (Å²) < 4.78 is 15.0. The number of carbonyl (C=O) groups excluding carboxylic acids is 1. The van der Waals surface area contributed by atoms with Gasteiger partial charge in [0.05, 0.1) is 24.8 Å². The van der Waals surface area contributed by atoms with E-state index in [2.05, 4.69) is 10.3 Å². The molecule has 0 spiro atoms. The van der Waals surface area contributed by atoms with Crippen LogP contribution in [0.4, 0.5) is 4.39 Å². The van der Waals surface area contributed by atoms with Crippen molar-refractivity contribution in [2.75, 3.05) is 0 Å². The number of hydrogen-bond acceptors (Lipinski definition) is 6. The molecule has 0 bridgehead atoms. The van der Waals surface area contributed by atoms with Gasteiger partial charge in [-0.25, -0.2) is 13.9 Å². The number of benzene rings is 1. The van der Waals surface area contributed by atoms with Crippen molar-refractivity contribution in [3.8, 4) is 0 Å². The van der Waals surface area contributed by atoms with E-state index in [1.54, 1.807) is 39.2 Å². The predicted octanol–water partition coefficient (Wildman–Crippen LogP) is 4.13. The molecule has 1 aromatic carbocycles. The summed E-state index contributed by atoms with van der Waals surface area (Å²) in [5.74, 6) is -1.77. The van der Waals surface area contributed by atoms with E-state index in [4.69, 9.17) is 5.11 Å². The summed E-state index contributed by atoms with van der Waals surface area (Å²) in [6.07, 6.45) is 1.78. The number of thiophene rings is 2. The first-order chi connectivity index (χ1) is 15.0. The van der Waals surface area contributed by atoms with Gasteiger partial charge in [0.2, 0.25) is 0 Å². The van der Waals surface area contributed by atoms with E-state index >= 15 is 0 Å². The highest BCUT2D eigenvalue weighted by Crippen LogP contribution is 2.20. The second-order valence-electron chi connectivity index (χ2n) is 6.78. The van der Waals surface area contributed by atoms with E-state index in [9.17, 15) is 14.0 Å². The Kier molecular flexibility index (Phi) is 6.19. The first kappa shape index (κ1) is 20.9. The van der Waals surface area contributed by atoms with Crippen LogP contribution in [0.15, 0.2) is 59.4 Å². The van der Waals surface area contributed by atoms with Gasteiger partial charge in [0.25, 0.3) is 5.91 Å². The lowest BCUT2D eigenvalue weighted by molar-refractivity contribution is 0.0702. The monoisotopic (exact) mass is 456 g/mol. The molecule has 10 heteroatoms. The molecule has 7 nitrogen and oxygen atoms in total. The Morgan fingerprint density at radius 3 is 2.61 bits per heavy atom. The number of aromatic carboxylic acids is 1. The Labute approximate surface area is 185 Å². The summed E-state index contributed by atoms with van der Waals surface area (Å²) in [5, 5.41) is 21.0. The van der Waals surface area contributed by atoms with E-state index < -0.39 is 5.97 Å². The Morgan fingerprint density at radius 1 is 1.13 bits per heavy atom. The third-order valence-electron chi connectivity index (χ3n) is 4.47. The zero-order valence-electron chi connectivity index (χ0n) is 16.1. The summed E-state index contributed by atoms with van der Waals surface area (Å²) in [6.45, 7) is 0.983. The zero-order chi connectivity index (χ0) is 21.8. The van der Waals surface area contributed by atoms with Crippen LogP contribution in [0, 0.1) is 5.82 Å². The van der Waals surface area contributed by atoms with Crippen molar-refractivity contribution >= 4 is 34.6 Å². The van der Waals surface area contributed by atoms with E-state index in [0.717, 1.165) is 21.8 Å². The molecule has 0 saturated carbocycles. The van der Waals surface area contributed by atoms with E-state index in [1.807, 2.05) is 17.5 Å². The lowest BCUT2D eigenvalue weighted by atomic mass is 10.2. The number of aromatic nitrogens is 3. The number of hydrogen-bond donors (Lipinski definition) is 1. The summed E-state index contributed by atoms with van der Waals surface area (Å²) in [5.41, 5.74) is 1.63. The predicted molar refractivity (Wildman–Crippen MR) is 115 cm³/mol. The van der Waals surface area contributed by atoms with E-state index in [0.29, 0.717) is 12.2 Å². The molecule has 1 amide bonds. The lowest BCUT2D eigenvalue weighted by Crippen LogP contribution is -2.30. The van der Waals surface area contributed by atoms with Crippen molar-refractivity contribution in [1.82, 2.24) is 19.9 Å². The fourth-order valence-corrected chi connectivity index (χ4v) is 4.41. The molecular formula is C21H17FN4O3S2. The molecular weight excluding hydrogens is 439 g/mol. The molecule has 3 heterocycles. The molecule has 158 valence electrons. The number of nitrogens with zero attached hydrogens (tertiary/aromatic N) is 4. The molecule has 3 aromatic heterocycles. The SMILES string of the molecule is O=C(O)c1cc(C(=O)N(Cc2ccc(F)cc2)Cc2cn(Cc3cccs3)nn2)cs1. The zero-order valence-corrected chi connectivity index (χ0v) is 17.8. The highest BCUT2D eigenvalue weighted by Gasteiger charge is 2.21. The minimum atomic E-state index is -1.08. The third-order valence-corrected chi connectivity index (χ3v) is 6.25. The van der Waals surface area contributed by atoms with Gasteiger partial charge in [-0.3, -0.25) is 4.79 Å².